The van der Waals surface area contributed by atoms with Crippen molar-refractivity contribution >= 4 is 38.6 Å². The zero-order chi connectivity index (χ0) is 11.6. The minimum Gasteiger partial charge on any atom is -0.280 e. The summed E-state index contributed by atoms with van der Waals surface area (Å²) in [5, 5.41) is 3.81. The minimum absolute atomic E-state index is 0.144. The zero-order valence-electron chi connectivity index (χ0n) is 8.04. The maximum absolute atomic E-state index is 11.8. The molecule has 0 saturated heterocycles. The number of rotatable bonds is 3. The van der Waals surface area contributed by atoms with Gasteiger partial charge in [-0.15, -0.1) is 0 Å². The second-order valence-electron chi connectivity index (χ2n) is 3.04. The summed E-state index contributed by atoms with van der Waals surface area (Å²) in [6.07, 6.45) is 2.74. The first-order chi connectivity index (χ1) is 7.58. The van der Waals surface area contributed by atoms with Crippen LogP contribution in [0.4, 0.5) is 5.69 Å². The molecule has 0 saturated carbocycles. The van der Waals surface area contributed by atoms with E-state index in [0.717, 1.165) is 0 Å². The quantitative estimate of drug-likeness (QED) is 0.861. The van der Waals surface area contributed by atoms with Gasteiger partial charge in [-0.25, -0.2) is 11.3 Å². The molecular formula is C9H8IN3O2S. The van der Waals surface area contributed by atoms with E-state index in [2.05, 4.69) is 9.82 Å². The fourth-order valence-electron chi connectivity index (χ4n) is 1.14. The van der Waals surface area contributed by atoms with Crippen LogP contribution >= 0.6 is 22.9 Å². The van der Waals surface area contributed by atoms with Gasteiger partial charge in [0.15, 0.2) is 0 Å². The van der Waals surface area contributed by atoms with Crippen LogP contribution in [-0.2, 0) is 10.0 Å². The maximum Gasteiger partial charge on any atom is 0.265 e. The molecule has 0 unspecified atom stereocenters. The summed E-state index contributed by atoms with van der Waals surface area (Å²) in [4.78, 5) is 0.144. The van der Waals surface area contributed by atoms with E-state index in [0.29, 0.717) is 5.69 Å². The van der Waals surface area contributed by atoms with Crippen LogP contribution in [0.15, 0.2) is 47.6 Å². The number of benzene rings is 1. The molecule has 0 spiro atoms. The van der Waals surface area contributed by atoms with Crippen LogP contribution in [0.2, 0.25) is 0 Å². The van der Waals surface area contributed by atoms with Crippen molar-refractivity contribution in [1.29, 1.82) is 0 Å². The largest absolute Gasteiger partial charge is 0.280 e. The van der Waals surface area contributed by atoms with E-state index in [4.69, 9.17) is 0 Å². The van der Waals surface area contributed by atoms with Crippen LogP contribution in [0.1, 0.15) is 0 Å². The van der Waals surface area contributed by atoms with E-state index in [1.165, 1.54) is 15.3 Å². The van der Waals surface area contributed by atoms with Gasteiger partial charge in [-0.3, -0.25) is 4.72 Å². The Labute approximate surface area is 107 Å². The number of hydrogen-bond acceptors (Lipinski definition) is 3. The molecule has 0 aliphatic carbocycles. The molecule has 1 aromatic carbocycles. The van der Waals surface area contributed by atoms with E-state index < -0.39 is 10.0 Å². The van der Waals surface area contributed by atoms with Crippen molar-refractivity contribution in [3.63, 3.8) is 0 Å². The summed E-state index contributed by atoms with van der Waals surface area (Å²) in [7, 11) is -3.53. The third-order valence-corrected chi connectivity index (χ3v) is 3.73. The summed E-state index contributed by atoms with van der Waals surface area (Å²) >= 11 is 1.89. The molecule has 84 valence electrons. The van der Waals surface area contributed by atoms with Crippen LogP contribution in [0, 0.1) is 0 Å². The van der Waals surface area contributed by atoms with Gasteiger partial charge >= 0.3 is 0 Å². The third-order valence-electron chi connectivity index (χ3n) is 1.87. The Bertz CT molecular complexity index is 580. The van der Waals surface area contributed by atoms with Crippen molar-refractivity contribution in [2.75, 3.05) is 4.72 Å². The molecule has 1 heterocycles. The number of halogens is 1. The number of hydrogen-bond donors (Lipinski definition) is 1. The van der Waals surface area contributed by atoms with Crippen LogP contribution in [-0.4, -0.2) is 16.4 Å². The lowest BCUT2D eigenvalue weighted by Gasteiger charge is -2.04. The third kappa shape index (κ3) is 2.53. The highest BCUT2D eigenvalue weighted by molar-refractivity contribution is 14.1. The molecule has 0 aliphatic rings. The molecule has 0 aliphatic heterocycles. The first kappa shape index (κ1) is 11.4. The average Bonchev–Trinajstić information content (AvgIpc) is 2.66. The lowest BCUT2D eigenvalue weighted by Crippen LogP contribution is -2.11. The summed E-state index contributed by atoms with van der Waals surface area (Å²) < 4.78 is 27.6. The number of nitrogens with zero attached hydrogens (tertiary/aromatic N) is 2. The predicted octanol–water partition coefficient (Wildman–Crippen LogP) is 1.88. The number of para-hydroxylation sites is 1. The molecule has 0 radical (unpaired) electrons. The van der Waals surface area contributed by atoms with Crippen molar-refractivity contribution < 1.29 is 8.42 Å². The van der Waals surface area contributed by atoms with Gasteiger partial charge in [0.05, 0.1) is 35.3 Å². The van der Waals surface area contributed by atoms with Crippen LogP contribution in [0.3, 0.4) is 0 Å². The summed E-state index contributed by atoms with van der Waals surface area (Å²) in [6, 6.07) is 8.72. The predicted molar refractivity (Wildman–Crippen MR) is 68.9 cm³/mol. The Kier molecular flexibility index (Phi) is 3.15. The topological polar surface area (TPSA) is 64.0 Å². The van der Waals surface area contributed by atoms with Gasteiger partial charge in [0.2, 0.25) is 0 Å². The molecule has 0 fully saturated rings. The fraction of sp³-hybridized carbons (Fsp3) is 0. The molecule has 0 atom stereocenters. The second kappa shape index (κ2) is 4.42. The monoisotopic (exact) mass is 349 g/mol. The smallest absolute Gasteiger partial charge is 0.265 e. The molecule has 0 bridgehead atoms. The lowest BCUT2D eigenvalue weighted by molar-refractivity contribution is 0.601. The van der Waals surface area contributed by atoms with Crippen molar-refractivity contribution in [3.8, 4) is 0 Å². The van der Waals surface area contributed by atoms with Crippen molar-refractivity contribution in [1.82, 2.24) is 7.99 Å². The Hall–Kier alpha value is -1.09. The Morgan fingerprint density at radius 3 is 2.50 bits per heavy atom. The number of nitrogens with one attached hydrogen (secondary N) is 1. The lowest BCUT2D eigenvalue weighted by atomic mass is 10.3. The van der Waals surface area contributed by atoms with E-state index in [-0.39, 0.29) is 4.90 Å². The van der Waals surface area contributed by atoms with E-state index in [1.54, 1.807) is 24.3 Å². The maximum atomic E-state index is 11.8. The van der Waals surface area contributed by atoms with Gasteiger partial charge in [-0.05, 0) is 12.1 Å². The van der Waals surface area contributed by atoms with Gasteiger partial charge in [-0.1, -0.05) is 18.2 Å². The van der Waals surface area contributed by atoms with E-state index in [1.807, 2.05) is 28.9 Å². The fourth-order valence-corrected chi connectivity index (χ4v) is 2.75. The highest BCUT2D eigenvalue weighted by Gasteiger charge is 2.15. The summed E-state index contributed by atoms with van der Waals surface area (Å²) in [5.74, 6) is 0. The van der Waals surface area contributed by atoms with E-state index in [9.17, 15) is 8.42 Å². The molecule has 1 aromatic heterocycles. The summed E-state index contributed by atoms with van der Waals surface area (Å²) in [5.41, 5.74) is 0.531. The van der Waals surface area contributed by atoms with Crippen molar-refractivity contribution in [2.45, 2.75) is 4.90 Å². The first-order valence-corrected chi connectivity index (χ1v) is 6.81. The second-order valence-corrected chi connectivity index (χ2v) is 5.71. The Morgan fingerprint density at radius 1 is 1.25 bits per heavy atom. The Balaban J connectivity index is 2.28. The molecule has 16 heavy (non-hydrogen) atoms. The number of aromatic nitrogens is 2. The van der Waals surface area contributed by atoms with Gasteiger partial charge < -0.3 is 0 Å². The average molecular weight is 349 g/mol. The molecule has 7 heteroatoms. The van der Waals surface area contributed by atoms with Gasteiger partial charge in [0.1, 0.15) is 4.90 Å². The van der Waals surface area contributed by atoms with Crippen molar-refractivity contribution in [2.24, 2.45) is 0 Å². The molecular weight excluding hydrogens is 341 g/mol. The van der Waals surface area contributed by atoms with Crippen LogP contribution < -0.4 is 4.72 Å². The van der Waals surface area contributed by atoms with Crippen molar-refractivity contribution in [3.05, 3.63) is 42.7 Å². The van der Waals surface area contributed by atoms with Gasteiger partial charge in [0, 0.05) is 5.69 Å². The van der Waals surface area contributed by atoms with E-state index >= 15 is 0 Å². The standard InChI is InChI=1S/C9H8IN3O2S/c10-13-7-9(6-11-13)16(14,15)12-8-4-2-1-3-5-8/h1-7,12H. The van der Waals surface area contributed by atoms with Crippen LogP contribution in [0.5, 0.6) is 0 Å². The first-order valence-electron chi connectivity index (χ1n) is 4.37. The number of anilines is 1. The van der Waals surface area contributed by atoms with Gasteiger partial charge in [-0.2, -0.15) is 5.10 Å². The number of sulfonamides is 1. The molecule has 5 nitrogen and oxygen atoms in total. The highest BCUT2D eigenvalue weighted by Crippen LogP contribution is 2.15. The zero-order valence-corrected chi connectivity index (χ0v) is 11.0. The molecule has 0 amide bonds. The molecule has 2 aromatic rings. The summed E-state index contributed by atoms with van der Waals surface area (Å²) in [6.45, 7) is 0. The normalized spacial score (nSPS) is 11.3. The van der Waals surface area contributed by atoms with Gasteiger partial charge in [0.25, 0.3) is 10.0 Å². The Morgan fingerprint density at radius 2 is 1.94 bits per heavy atom. The molecule has 1 N–H and O–H groups in total. The molecule has 2 rings (SSSR count). The van der Waals surface area contributed by atoms with Crippen LogP contribution in [0.25, 0.3) is 0 Å². The SMILES string of the molecule is O=S(=O)(Nc1ccccc1)c1cnn(I)c1. The minimum atomic E-state index is -3.53. The highest BCUT2D eigenvalue weighted by atomic mass is 127.